The molecule has 98 valence electrons. The number of para-hydroxylation sites is 1. The maximum absolute atomic E-state index is 11.8. The van der Waals surface area contributed by atoms with Crippen LogP contribution in [-0.2, 0) is 11.3 Å². The van der Waals surface area contributed by atoms with E-state index in [1.54, 1.807) is 24.3 Å². The van der Waals surface area contributed by atoms with Crippen molar-refractivity contribution in [3.63, 3.8) is 0 Å². The summed E-state index contributed by atoms with van der Waals surface area (Å²) in [5.41, 5.74) is 0.672. The minimum atomic E-state index is -1.02. The lowest BCUT2D eigenvalue weighted by atomic mass is 10.3. The van der Waals surface area contributed by atoms with Crippen molar-refractivity contribution >= 4 is 29.2 Å². The first-order valence-corrected chi connectivity index (χ1v) is 5.87. The SMILES string of the molecule is O=C(Cn1ccc(C(=O)O)c1)Nc1ccccc1Cl. The molecule has 0 unspecified atom stereocenters. The number of anilines is 1. The van der Waals surface area contributed by atoms with Crippen molar-refractivity contribution in [2.75, 3.05) is 5.32 Å². The predicted molar refractivity (Wildman–Crippen MR) is 71.5 cm³/mol. The van der Waals surface area contributed by atoms with Gasteiger partial charge < -0.3 is 15.0 Å². The second-order valence-electron chi connectivity index (χ2n) is 3.91. The van der Waals surface area contributed by atoms with Gasteiger partial charge in [-0.1, -0.05) is 23.7 Å². The van der Waals surface area contributed by atoms with Crippen molar-refractivity contribution in [1.82, 2.24) is 4.57 Å². The van der Waals surface area contributed by atoms with Gasteiger partial charge in [-0.15, -0.1) is 0 Å². The smallest absolute Gasteiger partial charge is 0.337 e. The van der Waals surface area contributed by atoms with E-state index >= 15 is 0 Å². The zero-order valence-corrected chi connectivity index (χ0v) is 10.6. The molecule has 0 aliphatic rings. The molecule has 0 radical (unpaired) electrons. The summed E-state index contributed by atoms with van der Waals surface area (Å²) in [4.78, 5) is 22.5. The van der Waals surface area contributed by atoms with Gasteiger partial charge in [0.05, 0.1) is 16.3 Å². The Balaban J connectivity index is 2.01. The molecule has 19 heavy (non-hydrogen) atoms. The quantitative estimate of drug-likeness (QED) is 0.902. The van der Waals surface area contributed by atoms with Crippen LogP contribution >= 0.6 is 11.6 Å². The van der Waals surface area contributed by atoms with Crippen LogP contribution in [0.2, 0.25) is 5.02 Å². The van der Waals surface area contributed by atoms with E-state index in [4.69, 9.17) is 16.7 Å². The maximum atomic E-state index is 11.8. The molecule has 1 aromatic carbocycles. The third-order valence-corrected chi connectivity index (χ3v) is 2.80. The molecular formula is C13H11ClN2O3. The van der Waals surface area contributed by atoms with Crippen LogP contribution in [0.15, 0.2) is 42.7 Å². The zero-order valence-electron chi connectivity index (χ0n) is 9.84. The van der Waals surface area contributed by atoms with Crippen LogP contribution < -0.4 is 5.32 Å². The number of carboxylic acid groups (broad SMARTS) is 1. The fraction of sp³-hybridized carbons (Fsp3) is 0.0769. The van der Waals surface area contributed by atoms with Gasteiger partial charge in [0.1, 0.15) is 6.54 Å². The lowest BCUT2D eigenvalue weighted by molar-refractivity contribution is -0.116. The summed E-state index contributed by atoms with van der Waals surface area (Å²) in [6.45, 7) is 0.0263. The van der Waals surface area contributed by atoms with Crippen LogP contribution in [-0.4, -0.2) is 21.6 Å². The highest BCUT2D eigenvalue weighted by molar-refractivity contribution is 6.33. The van der Waals surface area contributed by atoms with Crippen LogP contribution in [0.1, 0.15) is 10.4 Å². The number of amides is 1. The number of hydrogen-bond acceptors (Lipinski definition) is 2. The number of benzene rings is 1. The number of nitrogens with one attached hydrogen (secondary N) is 1. The highest BCUT2D eigenvalue weighted by atomic mass is 35.5. The Morgan fingerprint density at radius 3 is 2.63 bits per heavy atom. The minimum absolute atomic E-state index is 0.0263. The largest absolute Gasteiger partial charge is 0.478 e. The average Bonchev–Trinajstić information content (AvgIpc) is 2.80. The van der Waals surface area contributed by atoms with Gasteiger partial charge in [-0.2, -0.15) is 0 Å². The van der Waals surface area contributed by atoms with Gasteiger partial charge in [-0.05, 0) is 18.2 Å². The summed E-state index contributed by atoms with van der Waals surface area (Å²) in [6.07, 6.45) is 2.93. The van der Waals surface area contributed by atoms with Crippen LogP contribution in [0.4, 0.5) is 5.69 Å². The summed E-state index contributed by atoms with van der Waals surface area (Å²) in [5.74, 6) is -1.30. The molecule has 0 saturated heterocycles. The van der Waals surface area contributed by atoms with E-state index in [1.165, 1.54) is 23.0 Å². The summed E-state index contributed by atoms with van der Waals surface area (Å²) >= 11 is 5.92. The molecule has 1 aromatic heterocycles. The second kappa shape index (κ2) is 5.58. The molecule has 2 aromatic rings. The van der Waals surface area contributed by atoms with Crippen LogP contribution in [0.25, 0.3) is 0 Å². The third kappa shape index (κ3) is 3.35. The Kier molecular flexibility index (Phi) is 3.87. The van der Waals surface area contributed by atoms with Gasteiger partial charge in [0, 0.05) is 12.4 Å². The number of halogens is 1. The number of rotatable bonds is 4. The number of carbonyl (C=O) groups is 2. The number of carbonyl (C=O) groups excluding carboxylic acids is 1. The van der Waals surface area contributed by atoms with Crippen molar-refractivity contribution in [2.45, 2.75) is 6.54 Å². The molecule has 0 bridgehead atoms. The number of carboxylic acids is 1. The minimum Gasteiger partial charge on any atom is -0.478 e. The van der Waals surface area contributed by atoms with Crippen molar-refractivity contribution in [3.8, 4) is 0 Å². The summed E-state index contributed by atoms with van der Waals surface area (Å²) in [6, 6.07) is 8.34. The summed E-state index contributed by atoms with van der Waals surface area (Å²) in [5, 5.41) is 11.9. The fourth-order valence-electron chi connectivity index (χ4n) is 1.58. The molecule has 0 saturated carbocycles. The molecule has 1 amide bonds. The van der Waals surface area contributed by atoms with Crippen LogP contribution in [0.3, 0.4) is 0 Å². The van der Waals surface area contributed by atoms with Gasteiger partial charge in [0.25, 0.3) is 0 Å². The fourth-order valence-corrected chi connectivity index (χ4v) is 1.77. The molecule has 0 fully saturated rings. The molecule has 0 aliphatic carbocycles. The number of aromatic carboxylic acids is 1. The van der Waals surface area contributed by atoms with E-state index in [-0.39, 0.29) is 18.0 Å². The lowest BCUT2D eigenvalue weighted by Gasteiger charge is -2.07. The Morgan fingerprint density at radius 1 is 1.26 bits per heavy atom. The number of nitrogens with zero attached hydrogens (tertiary/aromatic N) is 1. The molecular weight excluding hydrogens is 268 g/mol. The highest BCUT2D eigenvalue weighted by Crippen LogP contribution is 2.20. The molecule has 0 spiro atoms. The Labute approximate surface area is 114 Å². The molecule has 6 heteroatoms. The van der Waals surface area contributed by atoms with E-state index < -0.39 is 5.97 Å². The predicted octanol–water partition coefficient (Wildman–Crippen LogP) is 2.48. The van der Waals surface area contributed by atoms with Crippen molar-refractivity contribution in [3.05, 3.63) is 53.3 Å². The molecule has 2 rings (SSSR count). The van der Waals surface area contributed by atoms with Crippen molar-refractivity contribution in [2.24, 2.45) is 0 Å². The summed E-state index contributed by atoms with van der Waals surface area (Å²) in [7, 11) is 0. The molecule has 5 nitrogen and oxygen atoms in total. The highest BCUT2D eigenvalue weighted by Gasteiger charge is 2.08. The lowest BCUT2D eigenvalue weighted by Crippen LogP contribution is -2.18. The van der Waals surface area contributed by atoms with Crippen LogP contribution in [0, 0.1) is 0 Å². The van der Waals surface area contributed by atoms with Crippen LogP contribution in [0.5, 0.6) is 0 Å². The topological polar surface area (TPSA) is 71.3 Å². The Hall–Kier alpha value is -2.27. The van der Waals surface area contributed by atoms with Gasteiger partial charge in [-0.3, -0.25) is 4.79 Å². The van der Waals surface area contributed by atoms with E-state index in [0.29, 0.717) is 10.7 Å². The first-order chi connectivity index (χ1) is 9.06. The van der Waals surface area contributed by atoms with Gasteiger partial charge in [0.2, 0.25) is 5.91 Å². The van der Waals surface area contributed by atoms with E-state index in [2.05, 4.69) is 5.32 Å². The number of aromatic nitrogens is 1. The van der Waals surface area contributed by atoms with Crippen molar-refractivity contribution < 1.29 is 14.7 Å². The standard InChI is InChI=1S/C13H11ClN2O3/c14-10-3-1-2-4-11(10)15-12(17)8-16-6-5-9(7-16)13(18)19/h1-7H,8H2,(H,15,17)(H,18,19). The first kappa shape index (κ1) is 13.2. The maximum Gasteiger partial charge on any atom is 0.337 e. The van der Waals surface area contributed by atoms with Gasteiger partial charge >= 0.3 is 5.97 Å². The normalized spacial score (nSPS) is 10.2. The molecule has 2 N–H and O–H groups in total. The molecule has 0 aliphatic heterocycles. The van der Waals surface area contributed by atoms with E-state index in [0.717, 1.165) is 0 Å². The van der Waals surface area contributed by atoms with E-state index in [1.807, 2.05) is 0 Å². The zero-order chi connectivity index (χ0) is 13.8. The summed E-state index contributed by atoms with van der Waals surface area (Å²) < 4.78 is 1.50. The van der Waals surface area contributed by atoms with Gasteiger partial charge in [0.15, 0.2) is 0 Å². The number of hydrogen-bond donors (Lipinski definition) is 2. The molecule has 1 heterocycles. The average molecular weight is 279 g/mol. The van der Waals surface area contributed by atoms with Gasteiger partial charge in [-0.25, -0.2) is 4.79 Å². The molecule has 0 atom stereocenters. The van der Waals surface area contributed by atoms with E-state index in [9.17, 15) is 9.59 Å². The Bertz CT molecular complexity index is 622. The second-order valence-corrected chi connectivity index (χ2v) is 4.31. The Morgan fingerprint density at radius 2 is 2.00 bits per heavy atom. The third-order valence-electron chi connectivity index (χ3n) is 2.47. The monoisotopic (exact) mass is 278 g/mol. The first-order valence-electron chi connectivity index (χ1n) is 5.50. The van der Waals surface area contributed by atoms with Crippen molar-refractivity contribution in [1.29, 1.82) is 0 Å².